The molecule has 1 aromatic carbocycles. The Hall–Kier alpha value is -1.92. The molecule has 0 heterocycles. The van der Waals surface area contributed by atoms with Crippen LogP contribution in [0.3, 0.4) is 0 Å². The molecule has 1 aromatic rings. The van der Waals surface area contributed by atoms with Crippen molar-refractivity contribution in [2.75, 3.05) is 19.7 Å². The zero-order valence-electron chi connectivity index (χ0n) is 14.4. The van der Waals surface area contributed by atoms with Gasteiger partial charge in [-0.15, -0.1) is 0 Å². The molecule has 4 nitrogen and oxygen atoms in total. The number of nitrogens with one attached hydrogen (secondary N) is 2. The molecule has 0 saturated heterocycles. The summed E-state index contributed by atoms with van der Waals surface area (Å²) in [5.41, 5.74) is 0.895. The van der Waals surface area contributed by atoms with Gasteiger partial charge in [0.25, 0.3) is 0 Å². The molecule has 0 radical (unpaired) electrons. The van der Waals surface area contributed by atoms with E-state index < -0.39 is 12.6 Å². The number of nitrogens with zero attached hydrogens (tertiary/aromatic N) is 1. The average Bonchev–Trinajstić information content (AvgIpc) is 2.50. The Labute approximate surface area is 141 Å². The number of para-hydroxylation sites is 1. The quantitative estimate of drug-likeness (QED) is 0.557. The topological polar surface area (TPSA) is 45.7 Å². The molecule has 2 N–H and O–H groups in total. The Bertz CT molecular complexity index is 516. The summed E-state index contributed by atoms with van der Waals surface area (Å²) in [5, 5.41) is 5.63. The third kappa shape index (κ3) is 8.64. The van der Waals surface area contributed by atoms with Gasteiger partial charge in [0.2, 0.25) is 0 Å². The number of hydrogen-bond acceptors (Lipinski definition) is 2. The van der Waals surface area contributed by atoms with E-state index in [4.69, 9.17) is 4.74 Å². The molecular weight excluding hydrogens is 319 g/mol. The lowest BCUT2D eigenvalue weighted by atomic mass is 10.2. The van der Waals surface area contributed by atoms with Crippen molar-refractivity contribution in [1.29, 1.82) is 0 Å². The highest BCUT2D eigenvalue weighted by atomic mass is 19.4. The van der Waals surface area contributed by atoms with Crippen molar-refractivity contribution in [2.24, 2.45) is 10.9 Å². The normalized spacial score (nSPS) is 12.4. The molecule has 0 aliphatic heterocycles. The first-order chi connectivity index (χ1) is 11.3. The van der Waals surface area contributed by atoms with Crippen LogP contribution < -0.4 is 15.4 Å². The minimum atomic E-state index is -4.18. The van der Waals surface area contributed by atoms with Crippen LogP contribution in [0, 0.1) is 5.92 Å². The molecule has 0 spiro atoms. The predicted molar refractivity (Wildman–Crippen MR) is 90.3 cm³/mol. The maximum absolute atomic E-state index is 12.2. The van der Waals surface area contributed by atoms with Gasteiger partial charge in [-0.25, -0.2) is 4.99 Å². The van der Waals surface area contributed by atoms with Crippen LogP contribution in [-0.4, -0.2) is 31.8 Å². The van der Waals surface area contributed by atoms with E-state index in [1.54, 1.807) is 0 Å². The van der Waals surface area contributed by atoms with Crippen molar-refractivity contribution in [1.82, 2.24) is 10.6 Å². The zero-order valence-corrected chi connectivity index (χ0v) is 14.4. The third-order valence-electron chi connectivity index (χ3n) is 3.00. The van der Waals surface area contributed by atoms with Crippen LogP contribution in [0.1, 0.15) is 32.8 Å². The summed E-state index contributed by atoms with van der Waals surface area (Å²) >= 11 is 0. The van der Waals surface area contributed by atoms with E-state index in [9.17, 15) is 13.2 Å². The van der Waals surface area contributed by atoms with Crippen LogP contribution in [-0.2, 0) is 6.54 Å². The van der Waals surface area contributed by atoms with Crippen LogP contribution in [0.4, 0.5) is 13.2 Å². The number of aliphatic imine (C=N–C) groups is 1. The van der Waals surface area contributed by atoms with Gasteiger partial charge in [0, 0.05) is 18.7 Å². The van der Waals surface area contributed by atoms with Crippen molar-refractivity contribution in [2.45, 2.75) is 39.9 Å². The van der Waals surface area contributed by atoms with Gasteiger partial charge in [-0.05, 0) is 18.9 Å². The van der Waals surface area contributed by atoms with Crippen LogP contribution >= 0.6 is 0 Å². The summed E-state index contributed by atoms with van der Waals surface area (Å²) in [5.74, 6) is 1.52. The van der Waals surface area contributed by atoms with Gasteiger partial charge in [0.15, 0.2) is 5.96 Å². The second kappa shape index (κ2) is 10.1. The predicted octanol–water partition coefficient (Wildman–Crippen LogP) is 3.73. The lowest BCUT2D eigenvalue weighted by Gasteiger charge is -2.14. The Morgan fingerprint density at radius 2 is 1.92 bits per heavy atom. The van der Waals surface area contributed by atoms with Crippen molar-refractivity contribution in [3.05, 3.63) is 29.8 Å². The van der Waals surface area contributed by atoms with Crippen molar-refractivity contribution < 1.29 is 17.9 Å². The van der Waals surface area contributed by atoms with Gasteiger partial charge in [-0.1, -0.05) is 32.0 Å². The van der Waals surface area contributed by atoms with Crippen LogP contribution in [0.25, 0.3) is 0 Å². The van der Waals surface area contributed by atoms with Crippen LogP contribution in [0.5, 0.6) is 5.75 Å². The van der Waals surface area contributed by atoms with E-state index in [0.717, 1.165) is 11.3 Å². The Morgan fingerprint density at radius 1 is 1.21 bits per heavy atom. The first kappa shape index (κ1) is 20.1. The second-order valence-corrected chi connectivity index (χ2v) is 5.80. The highest BCUT2D eigenvalue weighted by Crippen LogP contribution is 2.20. The van der Waals surface area contributed by atoms with Gasteiger partial charge in [-0.3, -0.25) is 0 Å². The summed E-state index contributed by atoms with van der Waals surface area (Å²) in [4.78, 5) is 4.34. The van der Waals surface area contributed by atoms with E-state index >= 15 is 0 Å². The van der Waals surface area contributed by atoms with Crippen molar-refractivity contribution in [3.8, 4) is 5.75 Å². The SMILES string of the molecule is CCNC(=NCc1ccccc1OCC(C)C)NCCC(F)(F)F. The third-order valence-corrected chi connectivity index (χ3v) is 3.00. The Kier molecular flexibility index (Phi) is 8.43. The number of alkyl halides is 3. The number of ether oxygens (including phenoxy) is 1. The number of hydrogen-bond donors (Lipinski definition) is 2. The van der Waals surface area contributed by atoms with E-state index in [2.05, 4.69) is 29.5 Å². The summed E-state index contributed by atoms with van der Waals surface area (Å²) in [6, 6.07) is 7.54. The smallest absolute Gasteiger partial charge is 0.390 e. The average molecular weight is 345 g/mol. The molecule has 0 aromatic heterocycles. The van der Waals surface area contributed by atoms with E-state index in [1.807, 2.05) is 31.2 Å². The van der Waals surface area contributed by atoms with E-state index in [0.29, 0.717) is 31.6 Å². The molecule has 0 saturated carbocycles. The fourth-order valence-electron chi connectivity index (χ4n) is 1.86. The molecular formula is C17H26F3N3O. The first-order valence-electron chi connectivity index (χ1n) is 8.11. The van der Waals surface area contributed by atoms with Gasteiger partial charge in [0.1, 0.15) is 5.75 Å². The molecule has 7 heteroatoms. The minimum Gasteiger partial charge on any atom is -0.493 e. The highest BCUT2D eigenvalue weighted by molar-refractivity contribution is 5.79. The van der Waals surface area contributed by atoms with Gasteiger partial charge in [0.05, 0.1) is 19.6 Å². The molecule has 24 heavy (non-hydrogen) atoms. The number of guanidine groups is 1. The van der Waals surface area contributed by atoms with Crippen LogP contribution in [0.2, 0.25) is 0 Å². The molecule has 0 unspecified atom stereocenters. The van der Waals surface area contributed by atoms with Gasteiger partial charge in [-0.2, -0.15) is 13.2 Å². The molecule has 136 valence electrons. The summed E-state index contributed by atoms with van der Waals surface area (Å²) < 4.78 is 42.4. The van der Waals surface area contributed by atoms with Crippen LogP contribution in [0.15, 0.2) is 29.3 Å². The molecule has 0 amide bonds. The molecule has 1 rings (SSSR count). The Balaban J connectivity index is 2.68. The number of halogens is 3. The van der Waals surface area contributed by atoms with Crippen molar-refractivity contribution >= 4 is 5.96 Å². The maximum Gasteiger partial charge on any atom is 0.390 e. The lowest BCUT2D eigenvalue weighted by molar-refractivity contribution is -0.132. The molecule has 0 aliphatic rings. The first-order valence-corrected chi connectivity index (χ1v) is 8.11. The minimum absolute atomic E-state index is 0.208. The zero-order chi connectivity index (χ0) is 18.0. The molecule has 0 aliphatic carbocycles. The largest absolute Gasteiger partial charge is 0.493 e. The Morgan fingerprint density at radius 3 is 2.54 bits per heavy atom. The lowest BCUT2D eigenvalue weighted by Crippen LogP contribution is -2.38. The maximum atomic E-state index is 12.2. The van der Waals surface area contributed by atoms with Gasteiger partial charge < -0.3 is 15.4 Å². The second-order valence-electron chi connectivity index (χ2n) is 5.80. The summed E-state index contributed by atoms with van der Waals surface area (Å²) in [6.45, 7) is 7.29. The fourth-order valence-corrected chi connectivity index (χ4v) is 1.86. The van der Waals surface area contributed by atoms with E-state index in [1.165, 1.54) is 0 Å². The standard InChI is InChI=1S/C17H26F3N3O/c1-4-21-16(22-10-9-17(18,19)20)23-11-14-7-5-6-8-15(14)24-12-13(2)3/h5-8,13H,4,9-12H2,1-3H3,(H2,21,22,23). The molecule has 0 bridgehead atoms. The number of rotatable bonds is 8. The highest BCUT2D eigenvalue weighted by Gasteiger charge is 2.26. The van der Waals surface area contributed by atoms with Crippen molar-refractivity contribution in [3.63, 3.8) is 0 Å². The fraction of sp³-hybridized carbons (Fsp3) is 0.588. The monoisotopic (exact) mass is 345 g/mol. The summed E-state index contributed by atoms with van der Waals surface area (Å²) in [6.07, 6.45) is -5.08. The van der Waals surface area contributed by atoms with Gasteiger partial charge >= 0.3 is 6.18 Å². The number of benzene rings is 1. The van der Waals surface area contributed by atoms with E-state index in [-0.39, 0.29) is 6.54 Å². The summed E-state index contributed by atoms with van der Waals surface area (Å²) in [7, 11) is 0. The molecule has 0 fully saturated rings. The molecule has 0 atom stereocenters.